The highest BCUT2D eigenvalue weighted by Gasteiger charge is 2.18. The lowest BCUT2D eigenvalue weighted by Crippen LogP contribution is -2.30. The van der Waals surface area contributed by atoms with E-state index < -0.39 is 0 Å². The molecule has 3 heteroatoms. The van der Waals surface area contributed by atoms with Gasteiger partial charge in [0.1, 0.15) is 0 Å². The van der Waals surface area contributed by atoms with Crippen molar-refractivity contribution in [1.29, 1.82) is 0 Å². The minimum absolute atomic E-state index is 0.00630. The molecule has 0 fully saturated rings. The first-order chi connectivity index (χ1) is 11.7. The second-order valence-corrected chi connectivity index (χ2v) is 5.68. The van der Waals surface area contributed by atoms with E-state index >= 15 is 0 Å². The summed E-state index contributed by atoms with van der Waals surface area (Å²) in [4.78, 5) is 14.9. The summed E-state index contributed by atoms with van der Waals surface area (Å²) in [5, 5.41) is 2.22. The van der Waals surface area contributed by atoms with E-state index in [0.29, 0.717) is 18.7 Å². The lowest BCUT2D eigenvalue weighted by Gasteiger charge is -2.23. The van der Waals surface area contributed by atoms with E-state index in [2.05, 4.69) is 18.2 Å². The number of fused-ring (bicyclic) bond motifs is 1. The van der Waals surface area contributed by atoms with Gasteiger partial charge >= 0.3 is 0 Å². The molecule has 0 radical (unpaired) electrons. The molecule has 0 unspecified atom stereocenters. The number of carbonyl (C=O) groups is 1. The number of carbonyl (C=O) groups excluding carboxylic acids is 1. The maximum absolute atomic E-state index is 13.1. The van der Waals surface area contributed by atoms with Gasteiger partial charge in [0.25, 0.3) is 5.91 Å². The summed E-state index contributed by atoms with van der Waals surface area (Å²) in [7, 11) is 1.66. The second-order valence-electron chi connectivity index (χ2n) is 5.68. The second kappa shape index (κ2) is 7.28. The van der Waals surface area contributed by atoms with Crippen LogP contribution in [0, 0.1) is 0 Å². The highest BCUT2D eigenvalue weighted by molar-refractivity contribution is 6.10. The zero-order valence-corrected chi connectivity index (χ0v) is 14.0. The quantitative estimate of drug-likeness (QED) is 0.685. The van der Waals surface area contributed by atoms with Gasteiger partial charge in [-0.3, -0.25) is 4.79 Å². The molecule has 3 aromatic carbocycles. The van der Waals surface area contributed by atoms with Gasteiger partial charge in [-0.2, -0.15) is 0 Å². The van der Waals surface area contributed by atoms with Crippen LogP contribution in [0.5, 0.6) is 0 Å². The minimum Gasteiger partial charge on any atom is -0.380 e. The summed E-state index contributed by atoms with van der Waals surface area (Å²) in [6.07, 6.45) is 0. The monoisotopic (exact) mass is 319 g/mol. The van der Waals surface area contributed by atoms with E-state index in [0.717, 1.165) is 22.0 Å². The van der Waals surface area contributed by atoms with Crippen molar-refractivity contribution in [2.45, 2.75) is 13.5 Å². The Labute approximate surface area is 142 Å². The Hall–Kier alpha value is -2.65. The summed E-state index contributed by atoms with van der Waals surface area (Å²) in [5.74, 6) is 0.00630. The van der Waals surface area contributed by atoms with E-state index in [1.807, 2.05) is 60.4 Å². The van der Waals surface area contributed by atoms with Crippen LogP contribution in [0.3, 0.4) is 0 Å². The van der Waals surface area contributed by atoms with E-state index in [1.165, 1.54) is 0 Å². The van der Waals surface area contributed by atoms with Crippen LogP contribution >= 0.6 is 0 Å². The van der Waals surface area contributed by atoms with Crippen molar-refractivity contribution in [2.75, 3.05) is 18.6 Å². The normalized spacial score (nSPS) is 10.8. The van der Waals surface area contributed by atoms with Crippen LogP contribution in [-0.4, -0.2) is 19.6 Å². The molecule has 0 saturated heterocycles. The fraction of sp³-hybridized carbons (Fsp3) is 0.190. The molecule has 122 valence electrons. The topological polar surface area (TPSA) is 29.5 Å². The number of hydrogen-bond donors (Lipinski definition) is 0. The average Bonchev–Trinajstić information content (AvgIpc) is 2.63. The molecule has 0 spiro atoms. The Morgan fingerprint density at radius 3 is 2.54 bits per heavy atom. The summed E-state index contributed by atoms with van der Waals surface area (Å²) in [6, 6.07) is 21.8. The van der Waals surface area contributed by atoms with Gasteiger partial charge < -0.3 is 9.64 Å². The van der Waals surface area contributed by atoms with E-state index in [4.69, 9.17) is 4.74 Å². The van der Waals surface area contributed by atoms with Crippen LogP contribution < -0.4 is 4.90 Å². The van der Waals surface area contributed by atoms with Crippen molar-refractivity contribution < 1.29 is 9.53 Å². The van der Waals surface area contributed by atoms with Gasteiger partial charge in [0, 0.05) is 24.6 Å². The summed E-state index contributed by atoms with van der Waals surface area (Å²) in [6.45, 7) is 3.11. The first-order valence-corrected chi connectivity index (χ1v) is 8.12. The van der Waals surface area contributed by atoms with Crippen LogP contribution in [0.15, 0.2) is 66.7 Å². The Kier molecular flexibility index (Phi) is 4.92. The van der Waals surface area contributed by atoms with Crippen molar-refractivity contribution in [3.8, 4) is 0 Å². The maximum Gasteiger partial charge on any atom is 0.258 e. The zero-order chi connectivity index (χ0) is 16.9. The molecule has 0 heterocycles. The molecule has 0 aromatic heterocycles. The number of methoxy groups -OCH3 is 1. The van der Waals surface area contributed by atoms with Crippen LogP contribution in [0.1, 0.15) is 22.8 Å². The van der Waals surface area contributed by atoms with E-state index in [-0.39, 0.29) is 5.91 Å². The first kappa shape index (κ1) is 16.2. The fourth-order valence-corrected chi connectivity index (χ4v) is 2.98. The highest BCUT2D eigenvalue weighted by Crippen LogP contribution is 2.28. The van der Waals surface area contributed by atoms with Gasteiger partial charge in [-0.15, -0.1) is 0 Å². The van der Waals surface area contributed by atoms with Crippen molar-refractivity contribution in [3.63, 3.8) is 0 Å². The molecule has 0 aliphatic carbocycles. The number of nitrogens with zero attached hydrogens (tertiary/aromatic N) is 1. The smallest absolute Gasteiger partial charge is 0.258 e. The third-order valence-electron chi connectivity index (χ3n) is 4.10. The number of benzene rings is 3. The van der Waals surface area contributed by atoms with E-state index in [1.54, 1.807) is 7.11 Å². The maximum atomic E-state index is 13.1. The number of amides is 1. The zero-order valence-electron chi connectivity index (χ0n) is 14.0. The molecule has 0 aliphatic heterocycles. The standard InChI is InChI=1S/C21H21NO2/c1-3-22(20-13-7-10-17-9-4-5-12-19(17)20)21(23)18-11-6-8-16(14-18)15-24-2/h4-14H,3,15H2,1-2H3. The summed E-state index contributed by atoms with van der Waals surface area (Å²) >= 11 is 0. The predicted molar refractivity (Wildman–Crippen MR) is 98.5 cm³/mol. The van der Waals surface area contributed by atoms with Crippen molar-refractivity contribution in [1.82, 2.24) is 0 Å². The Balaban J connectivity index is 2.01. The van der Waals surface area contributed by atoms with Crippen molar-refractivity contribution in [2.24, 2.45) is 0 Å². The fourth-order valence-electron chi connectivity index (χ4n) is 2.98. The molecule has 0 bridgehead atoms. The molecule has 3 rings (SSSR count). The lowest BCUT2D eigenvalue weighted by atomic mass is 10.1. The van der Waals surface area contributed by atoms with Gasteiger partial charge in [-0.05, 0) is 36.1 Å². The Morgan fingerprint density at radius 2 is 1.75 bits per heavy atom. The minimum atomic E-state index is 0.00630. The largest absolute Gasteiger partial charge is 0.380 e. The number of ether oxygens (including phenoxy) is 1. The molecule has 0 N–H and O–H groups in total. The van der Waals surface area contributed by atoms with Crippen molar-refractivity contribution in [3.05, 3.63) is 77.9 Å². The third-order valence-corrected chi connectivity index (χ3v) is 4.10. The van der Waals surface area contributed by atoms with Gasteiger partial charge in [-0.1, -0.05) is 48.5 Å². The van der Waals surface area contributed by atoms with Gasteiger partial charge in [0.05, 0.1) is 12.3 Å². The molecule has 24 heavy (non-hydrogen) atoms. The summed E-state index contributed by atoms with van der Waals surface area (Å²) < 4.78 is 5.17. The predicted octanol–water partition coefficient (Wildman–Crippen LogP) is 4.65. The number of anilines is 1. The highest BCUT2D eigenvalue weighted by atomic mass is 16.5. The summed E-state index contributed by atoms with van der Waals surface area (Å²) in [5.41, 5.74) is 2.62. The van der Waals surface area contributed by atoms with Crippen LogP contribution in [0.4, 0.5) is 5.69 Å². The molecule has 3 nitrogen and oxygen atoms in total. The molecular weight excluding hydrogens is 298 g/mol. The lowest BCUT2D eigenvalue weighted by molar-refractivity contribution is 0.0988. The Morgan fingerprint density at radius 1 is 1.00 bits per heavy atom. The SMILES string of the molecule is CCN(C(=O)c1cccc(COC)c1)c1cccc2ccccc12. The first-order valence-electron chi connectivity index (χ1n) is 8.12. The molecule has 1 amide bonds. The van der Waals surface area contributed by atoms with Gasteiger partial charge in [-0.25, -0.2) is 0 Å². The Bertz CT molecular complexity index is 852. The number of rotatable bonds is 5. The third kappa shape index (κ3) is 3.17. The number of hydrogen-bond acceptors (Lipinski definition) is 2. The molecular formula is C21H21NO2. The average molecular weight is 319 g/mol. The van der Waals surface area contributed by atoms with E-state index in [9.17, 15) is 4.79 Å². The van der Waals surface area contributed by atoms with Crippen molar-refractivity contribution >= 4 is 22.4 Å². The van der Waals surface area contributed by atoms with Crippen LogP contribution in [0.25, 0.3) is 10.8 Å². The van der Waals surface area contributed by atoms with Gasteiger partial charge in [0.15, 0.2) is 0 Å². The van der Waals surface area contributed by atoms with Gasteiger partial charge in [0.2, 0.25) is 0 Å². The molecule has 0 aliphatic rings. The van der Waals surface area contributed by atoms with Crippen LogP contribution in [-0.2, 0) is 11.3 Å². The molecule has 0 atom stereocenters. The molecule has 0 saturated carbocycles. The van der Waals surface area contributed by atoms with Crippen LogP contribution in [0.2, 0.25) is 0 Å². The molecule has 3 aromatic rings.